The van der Waals surface area contributed by atoms with Gasteiger partial charge in [0.05, 0.1) is 0 Å². The molecule has 0 radical (unpaired) electrons. The standard InChI is InChI=1S/C15H16N2O7S2/c16-25(18,19)23-11-7-5-10-6-8-13(22-15(10)9-11)12-3-1-2-4-14(12)24-26(17,20)21/h1-5,7,9,13H,6,8H2,(H2,16,18,19)(H2,17,20,21). The number of benzene rings is 2. The highest BCUT2D eigenvalue weighted by molar-refractivity contribution is 7.85. The lowest BCUT2D eigenvalue weighted by molar-refractivity contribution is 0.174. The van der Waals surface area contributed by atoms with Gasteiger partial charge in [0.1, 0.15) is 17.6 Å². The molecule has 0 saturated heterocycles. The molecule has 0 spiro atoms. The third-order valence-electron chi connectivity index (χ3n) is 3.67. The molecule has 0 aliphatic carbocycles. The van der Waals surface area contributed by atoms with Crippen molar-refractivity contribution in [3.8, 4) is 17.2 Å². The van der Waals surface area contributed by atoms with Crippen LogP contribution in [0.1, 0.15) is 23.7 Å². The van der Waals surface area contributed by atoms with E-state index in [1.165, 1.54) is 18.2 Å². The lowest BCUT2D eigenvalue weighted by Gasteiger charge is -2.27. The molecule has 9 nitrogen and oxygen atoms in total. The highest BCUT2D eigenvalue weighted by atomic mass is 32.2. The topological polar surface area (TPSA) is 148 Å². The van der Waals surface area contributed by atoms with Gasteiger partial charge in [0.2, 0.25) is 0 Å². The molecule has 2 aromatic rings. The number of ether oxygens (including phenoxy) is 1. The van der Waals surface area contributed by atoms with Crippen molar-refractivity contribution in [3.05, 3.63) is 53.6 Å². The second kappa shape index (κ2) is 6.76. The van der Waals surface area contributed by atoms with Crippen LogP contribution in [0, 0.1) is 0 Å². The molecule has 11 heteroatoms. The highest BCUT2D eigenvalue weighted by Gasteiger charge is 2.26. The number of hydrogen-bond acceptors (Lipinski definition) is 7. The summed E-state index contributed by atoms with van der Waals surface area (Å²) in [5, 5.41) is 9.81. The Balaban J connectivity index is 1.90. The molecule has 0 aromatic heterocycles. The van der Waals surface area contributed by atoms with E-state index < -0.39 is 26.7 Å². The van der Waals surface area contributed by atoms with Crippen LogP contribution in [0.15, 0.2) is 42.5 Å². The summed E-state index contributed by atoms with van der Waals surface area (Å²) in [5.74, 6) is 0.495. The van der Waals surface area contributed by atoms with E-state index in [1.807, 2.05) is 0 Å². The predicted octanol–water partition coefficient (Wildman–Crippen LogP) is 0.918. The van der Waals surface area contributed by atoms with E-state index in [2.05, 4.69) is 4.18 Å². The molecule has 4 N–H and O–H groups in total. The van der Waals surface area contributed by atoms with Crippen molar-refractivity contribution in [2.75, 3.05) is 0 Å². The zero-order chi connectivity index (χ0) is 18.9. The molecule has 2 aromatic carbocycles. The average Bonchev–Trinajstić information content (AvgIpc) is 2.51. The van der Waals surface area contributed by atoms with Crippen LogP contribution in [-0.2, 0) is 27.0 Å². The molecular weight excluding hydrogens is 384 g/mol. The van der Waals surface area contributed by atoms with Crippen molar-refractivity contribution >= 4 is 20.6 Å². The summed E-state index contributed by atoms with van der Waals surface area (Å²) >= 11 is 0. The number of fused-ring (bicyclic) bond motifs is 1. The van der Waals surface area contributed by atoms with Crippen molar-refractivity contribution in [1.29, 1.82) is 0 Å². The van der Waals surface area contributed by atoms with E-state index in [0.29, 0.717) is 24.2 Å². The van der Waals surface area contributed by atoms with Gasteiger partial charge in [-0.05, 0) is 30.5 Å². The molecule has 26 heavy (non-hydrogen) atoms. The normalized spacial score (nSPS) is 17.1. The molecule has 0 fully saturated rings. The van der Waals surface area contributed by atoms with E-state index in [1.54, 1.807) is 24.3 Å². The Morgan fingerprint density at radius 2 is 1.65 bits per heavy atom. The van der Waals surface area contributed by atoms with E-state index in [4.69, 9.17) is 19.2 Å². The molecule has 140 valence electrons. The van der Waals surface area contributed by atoms with Gasteiger partial charge in [-0.25, -0.2) is 0 Å². The van der Waals surface area contributed by atoms with Crippen LogP contribution in [0.3, 0.4) is 0 Å². The van der Waals surface area contributed by atoms with Crippen molar-refractivity contribution in [2.24, 2.45) is 10.3 Å². The minimum absolute atomic E-state index is 0.0148. The van der Waals surface area contributed by atoms with Gasteiger partial charge in [-0.2, -0.15) is 27.1 Å². The Labute approximate surface area is 151 Å². The Hall–Kier alpha value is -2.34. The van der Waals surface area contributed by atoms with Gasteiger partial charge in [0.25, 0.3) is 0 Å². The fourth-order valence-corrected chi connectivity index (χ4v) is 3.48. The molecule has 0 saturated carbocycles. The van der Waals surface area contributed by atoms with Gasteiger partial charge in [0, 0.05) is 11.6 Å². The summed E-state index contributed by atoms with van der Waals surface area (Å²) in [6.07, 6.45) is 0.678. The predicted molar refractivity (Wildman–Crippen MR) is 92.0 cm³/mol. The van der Waals surface area contributed by atoms with Crippen LogP contribution in [0.2, 0.25) is 0 Å². The zero-order valence-corrected chi connectivity index (χ0v) is 15.0. The van der Waals surface area contributed by atoms with Crippen molar-refractivity contribution in [2.45, 2.75) is 18.9 Å². The third kappa shape index (κ3) is 4.64. The Morgan fingerprint density at radius 1 is 0.962 bits per heavy atom. The molecule has 0 bridgehead atoms. The second-order valence-corrected chi connectivity index (χ2v) is 7.91. The van der Waals surface area contributed by atoms with Crippen LogP contribution in [0.5, 0.6) is 17.2 Å². The molecular formula is C15H16N2O7S2. The molecule has 1 atom stereocenters. The van der Waals surface area contributed by atoms with E-state index in [9.17, 15) is 16.8 Å². The number of aryl methyl sites for hydroxylation is 1. The van der Waals surface area contributed by atoms with Crippen molar-refractivity contribution in [1.82, 2.24) is 0 Å². The maximum absolute atomic E-state index is 11.2. The summed E-state index contributed by atoms with van der Waals surface area (Å²) in [6, 6.07) is 11.0. The van der Waals surface area contributed by atoms with Gasteiger partial charge in [0.15, 0.2) is 5.75 Å². The maximum atomic E-state index is 11.2. The maximum Gasteiger partial charge on any atom is 0.380 e. The molecule has 1 aliphatic rings. The summed E-state index contributed by atoms with van der Waals surface area (Å²) in [6.45, 7) is 0. The largest absolute Gasteiger partial charge is 0.485 e. The first kappa shape index (κ1) is 18.5. The Morgan fingerprint density at radius 3 is 2.35 bits per heavy atom. The fourth-order valence-electron chi connectivity index (χ4n) is 2.70. The molecule has 0 amide bonds. The average molecular weight is 400 g/mol. The van der Waals surface area contributed by atoms with Crippen LogP contribution in [0.25, 0.3) is 0 Å². The van der Waals surface area contributed by atoms with E-state index in [-0.39, 0.29) is 11.5 Å². The summed E-state index contributed by atoms with van der Waals surface area (Å²) in [4.78, 5) is 0. The monoisotopic (exact) mass is 400 g/mol. The first-order valence-corrected chi connectivity index (χ1v) is 10.4. The SMILES string of the molecule is NS(=O)(=O)Oc1ccc2c(c1)OC(c1ccccc1OS(N)(=O)=O)CC2. The lowest BCUT2D eigenvalue weighted by Crippen LogP contribution is -2.22. The first-order chi connectivity index (χ1) is 12.1. The van der Waals surface area contributed by atoms with Crippen molar-refractivity contribution < 1.29 is 29.9 Å². The minimum atomic E-state index is -4.18. The smallest absolute Gasteiger partial charge is 0.380 e. The Bertz CT molecular complexity index is 1040. The van der Waals surface area contributed by atoms with E-state index >= 15 is 0 Å². The highest BCUT2D eigenvalue weighted by Crippen LogP contribution is 2.39. The van der Waals surface area contributed by atoms with E-state index in [0.717, 1.165) is 5.56 Å². The minimum Gasteiger partial charge on any atom is -0.485 e. The number of rotatable bonds is 5. The van der Waals surface area contributed by atoms with Crippen LogP contribution in [0.4, 0.5) is 0 Å². The van der Waals surface area contributed by atoms with Crippen molar-refractivity contribution in [3.63, 3.8) is 0 Å². The number of para-hydroxylation sites is 1. The number of nitrogens with two attached hydrogens (primary N) is 2. The summed E-state index contributed by atoms with van der Waals surface area (Å²) in [5.41, 5.74) is 1.36. The molecule has 1 heterocycles. The quantitative estimate of drug-likeness (QED) is 0.758. The molecule has 1 aliphatic heterocycles. The molecule has 3 rings (SSSR count). The van der Waals surface area contributed by atoms with Crippen LogP contribution in [-0.4, -0.2) is 16.8 Å². The molecule has 1 unspecified atom stereocenters. The lowest BCUT2D eigenvalue weighted by atomic mass is 9.97. The number of hydrogen-bond donors (Lipinski definition) is 2. The first-order valence-electron chi connectivity index (χ1n) is 7.44. The van der Waals surface area contributed by atoms with Crippen LogP contribution < -0.4 is 23.4 Å². The Kier molecular flexibility index (Phi) is 4.80. The van der Waals surface area contributed by atoms with Gasteiger partial charge >= 0.3 is 20.6 Å². The van der Waals surface area contributed by atoms with Gasteiger partial charge in [-0.1, -0.05) is 24.3 Å². The second-order valence-electron chi connectivity index (χ2n) is 5.60. The van der Waals surface area contributed by atoms with Gasteiger partial charge in [-0.3, -0.25) is 0 Å². The zero-order valence-electron chi connectivity index (χ0n) is 13.4. The third-order valence-corrected chi connectivity index (χ3v) is 4.50. The fraction of sp³-hybridized carbons (Fsp3) is 0.200. The van der Waals surface area contributed by atoms with Gasteiger partial charge in [-0.15, -0.1) is 0 Å². The summed E-state index contributed by atoms with van der Waals surface area (Å²) in [7, 11) is -8.33. The van der Waals surface area contributed by atoms with Gasteiger partial charge < -0.3 is 13.1 Å². The van der Waals surface area contributed by atoms with Crippen LogP contribution >= 0.6 is 0 Å². The summed E-state index contributed by atoms with van der Waals surface area (Å²) < 4.78 is 60.0.